The van der Waals surface area contributed by atoms with Crippen LogP contribution in [0.4, 0.5) is 0 Å². The summed E-state index contributed by atoms with van der Waals surface area (Å²) in [5.41, 5.74) is 7.62. The molecule has 0 fully saturated rings. The third-order valence-electron chi connectivity index (χ3n) is 8.23. The number of rotatable bonds is 3. The molecule has 0 radical (unpaired) electrons. The smallest absolute Gasteiger partial charge is 0.00139 e. The molecule has 0 saturated carbocycles. The molecular weight excluding hydrogens is 480 g/mol. The van der Waals surface area contributed by atoms with Crippen molar-refractivity contribution in [2.75, 3.05) is 0 Å². The van der Waals surface area contributed by atoms with Crippen LogP contribution in [0, 0.1) is 0 Å². The van der Waals surface area contributed by atoms with E-state index in [9.17, 15) is 0 Å². The second-order valence-electron chi connectivity index (χ2n) is 10.5. The summed E-state index contributed by atoms with van der Waals surface area (Å²) in [5, 5.41) is 10.2. The van der Waals surface area contributed by atoms with Crippen molar-refractivity contribution in [2.24, 2.45) is 0 Å². The molecular formula is C40H26. The van der Waals surface area contributed by atoms with E-state index in [-0.39, 0.29) is 0 Å². The summed E-state index contributed by atoms with van der Waals surface area (Å²) in [5.74, 6) is 0. The van der Waals surface area contributed by atoms with Crippen molar-refractivity contribution < 1.29 is 0 Å². The lowest BCUT2D eigenvalue weighted by molar-refractivity contribution is 1.64. The Kier molecular flexibility index (Phi) is 5.24. The van der Waals surface area contributed by atoms with Gasteiger partial charge in [-0.1, -0.05) is 152 Å². The number of fused-ring (bicyclic) bond motifs is 4. The molecule has 0 atom stereocenters. The lowest BCUT2D eigenvalue weighted by Gasteiger charge is -2.21. The minimum absolute atomic E-state index is 1.24. The highest BCUT2D eigenvalue weighted by Crippen LogP contribution is 2.48. The second-order valence-corrected chi connectivity index (χ2v) is 10.5. The van der Waals surface area contributed by atoms with Crippen LogP contribution in [0.1, 0.15) is 0 Å². The van der Waals surface area contributed by atoms with Gasteiger partial charge in [0.15, 0.2) is 0 Å². The highest BCUT2D eigenvalue weighted by molar-refractivity contribution is 6.25. The molecule has 8 rings (SSSR count). The van der Waals surface area contributed by atoms with Gasteiger partial charge in [-0.25, -0.2) is 0 Å². The monoisotopic (exact) mass is 506 g/mol. The molecule has 0 N–H and O–H groups in total. The molecule has 40 heavy (non-hydrogen) atoms. The minimum atomic E-state index is 1.24. The summed E-state index contributed by atoms with van der Waals surface area (Å²) >= 11 is 0. The summed E-state index contributed by atoms with van der Waals surface area (Å²) in [4.78, 5) is 0. The van der Waals surface area contributed by atoms with Crippen molar-refractivity contribution >= 4 is 43.1 Å². The van der Waals surface area contributed by atoms with Gasteiger partial charge in [-0.2, -0.15) is 0 Å². The van der Waals surface area contributed by atoms with E-state index in [2.05, 4.69) is 158 Å². The van der Waals surface area contributed by atoms with E-state index >= 15 is 0 Å². The van der Waals surface area contributed by atoms with E-state index in [1.807, 2.05) is 0 Å². The summed E-state index contributed by atoms with van der Waals surface area (Å²) in [7, 11) is 0. The summed E-state index contributed by atoms with van der Waals surface area (Å²) in [6.07, 6.45) is 0. The summed E-state index contributed by atoms with van der Waals surface area (Å²) in [6, 6.07) is 57.6. The van der Waals surface area contributed by atoms with Crippen LogP contribution in [0.25, 0.3) is 76.5 Å². The van der Waals surface area contributed by atoms with Crippen LogP contribution in [-0.4, -0.2) is 0 Å². The molecule has 0 heterocycles. The van der Waals surface area contributed by atoms with Crippen LogP contribution in [0.2, 0.25) is 0 Å². The number of hydrogen-bond acceptors (Lipinski definition) is 0. The van der Waals surface area contributed by atoms with Crippen LogP contribution in [-0.2, 0) is 0 Å². The molecule has 8 aromatic rings. The fourth-order valence-corrected chi connectivity index (χ4v) is 6.45. The molecule has 0 nitrogen and oxygen atoms in total. The van der Waals surface area contributed by atoms with Crippen LogP contribution >= 0.6 is 0 Å². The molecule has 0 aliphatic carbocycles. The number of hydrogen-bond donors (Lipinski definition) is 0. The van der Waals surface area contributed by atoms with Gasteiger partial charge in [-0.05, 0) is 82.5 Å². The predicted octanol–water partition coefficient (Wildman–Crippen LogP) is 11.3. The van der Waals surface area contributed by atoms with Gasteiger partial charge >= 0.3 is 0 Å². The molecule has 0 spiro atoms. The first kappa shape index (κ1) is 22.8. The maximum absolute atomic E-state index is 2.34. The SMILES string of the molecule is c1ccc(-c2c3ccccc3c(-c3c(-c4ccc5ccccc5c4)ccc4ccccc34)c3ccccc23)cc1. The zero-order valence-corrected chi connectivity index (χ0v) is 22.0. The third kappa shape index (κ3) is 3.54. The van der Waals surface area contributed by atoms with E-state index in [0.717, 1.165) is 0 Å². The summed E-state index contributed by atoms with van der Waals surface area (Å²) < 4.78 is 0. The molecule has 8 aromatic carbocycles. The molecule has 0 heteroatoms. The minimum Gasteiger partial charge on any atom is -0.0622 e. The Hall–Kier alpha value is -5.20. The molecule has 0 aliphatic heterocycles. The molecule has 0 unspecified atom stereocenters. The zero-order chi connectivity index (χ0) is 26.5. The van der Waals surface area contributed by atoms with Crippen molar-refractivity contribution in [1.82, 2.24) is 0 Å². The lowest BCUT2D eigenvalue weighted by Crippen LogP contribution is -1.94. The Morgan fingerprint density at radius 2 is 0.750 bits per heavy atom. The van der Waals surface area contributed by atoms with Gasteiger partial charge < -0.3 is 0 Å². The van der Waals surface area contributed by atoms with Crippen molar-refractivity contribution in [3.8, 4) is 33.4 Å². The van der Waals surface area contributed by atoms with Gasteiger partial charge in [0.25, 0.3) is 0 Å². The molecule has 0 bridgehead atoms. The first-order valence-corrected chi connectivity index (χ1v) is 13.9. The average Bonchev–Trinajstić information content (AvgIpc) is 3.03. The molecule has 0 amide bonds. The lowest BCUT2D eigenvalue weighted by atomic mass is 9.82. The fourth-order valence-electron chi connectivity index (χ4n) is 6.45. The Balaban J connectivity index is 1.56. The van der Waals surface area contributed by atoms with Crippen LogP contribution < -0.4 is 0 Å². The maximum atomic E-state index is 2.34. The molecule has 186 valence electrons. The largest absolute Gasteiger partial charge is 0.0622 e. The maximum Gasteiger partial charge on any atom is -0.00139 e. The van der Waals surface area contributed by atoms with E-state index in [4.69, 9.17) is 0 Å². The second kappa shape index (κ2) is 9.22. The third-order valence-corrected chi connectivity index (χ3v) is 8.23. The summed E-state index contributed by atoms with van der Waals surface area (Å²) in [6.45, 7) is 0. The topological polar surface area (TPSA) is 0 Å². The first-order valence-electron chi connectivity index (χ1n) is 13.9. The van der Waals surface area contributed by atoms with Crippen LogP contribution in [0.15, 0.2) is 158 Å². The van der Waals surface area contributed by atoms with Crippen molar-refractivity contribution in [2.45, 2.75) is 0 Å². The Morgan fingerprint density at radius 3 is 1.43 bits per heavy atom. The van der Waals surface area contributed by atoms with Gasteiger partial charge in [0.1, 0.15) is 0 Å². The van der Waals surface area contributed by atoms with E-state index in [1.165, 1.54) is 76.5 Å². The first-order chi connectivity index (χ1) is 19.9. The van der Waals surface area contributed by atoms with E-state index in [1.54, 1.807) is 0 Å². The predicted molar refractivity (Wildman–Crippen MR) is 173 cm³/mol. The normalized spacial score (nSPS) is 11.5. The van der Waals surface area contributed by atoms with Crippen LogP contribution in [0.5, 0.6) is 0 Å². The highest BCUT2D eigenvalue weighted by Gasteiger charge is 2.20. The Morgan fingerprint density at radius 1 is 0.250 bits per heavy atom. The molecule has 0 aliphatic rings. The van der Waals surface area contributed by atoms with Gasteiger partial charge in [0, 0.05) is 0 Å². The zero-order valence-electron chi connectivity index (χ0n) is 22.0. The van der Waals surface area contributed by atoms with Crippen molar-refractivity contribution in [3.63, 3.8) is 0 Å². The molecule has 0 aromatic heterocycles. The van der Waals surface area contributed by atoms with E-state index in [0.29, 0.717) is 0 Å². The van der Waals surface area contributed by atoms with Crippen molar-refractivity contribution in [3.05, 3.63) is 158 Å². The van der Waals surface area contributed by atoms with Crippen LogP contribution in [0.3, 0.4) is 0 Å². The Labute approximate surface area is 233 Å². The van der Waals surface area contributed by atoms with Gasteiger partial charge in [-0.15, -0.1) is 0 Å². The van der Waals surface area contributed by atoms with E-state index < -0.39 is 0 Å². The van der Waals surface area contributed by atoms with Gasteiger partial charge in [0.05, 0.1) is 0 Å². The van der Waals surface area contributed by atoms with Gasteiger partial charge in [-0.3, -0.25) is 0 Å². The van der Waals surface area contributed by atoms with Gasteiger partial charge in [0.2, 0.25) is 0 Å². The highest BCUT2D eigenvalue weighted by atomic mass is 14.2. The van der Waals surface area contributed by atoms with Crippen molar-refractivity contribution in [1.29, 1.82) is 0 Å². The standard InChI is InChI=1S/C40H26/c1-2-14-29(15-3-1)38-34-18-8-10-20-36(34)40(37-21-11-9-19-35(37)38)39-32-17-7-6-13-28(32)24-25-33(39)31-23-22-27-12-4-5-16-30(27)26-31/h1-26H. The Bertz CT molecular complexity index is 2150. The molecule has 0 saturated heterocycles. The quantitative estimate of drug-likeness (QED) is 0.209. The average molecular weight is 507 g/mol. The number of benzene rings is 8. The fraction of sp³-hybridized carbons (Fsp3) is 0.